The fourth-order valence-corrected chi connectivity index (χ4v) is 3.99. The number of nitrogens with one attached hydrogen (secondary N) is 2. The van der Waals surface area contributed by atoms with Crippen LogP contribution < -0.4 is 19.7 Å². The van der Waals surface area contributed by atoms with Crippen LogP contribution in [0.25, 0.3) is 0 Å². The minimum Gasteiger partial charge on any atom is -0.497 e. The predicted molar refractivity (Wildman–Crippen MR) is 113 cm³/mol. The molecule has 0 aliphatic carbocycles. The summed E-state index contributed by atoms with van der Waals surface area (Å²) in [6.45, 7) is 3.21. The molecular formula is C23H29N2O5+. The van der Waals surface area contributed by atoms with Gasteiger partial charge in [0.25, 0.3) is 5.91 Å². The van der Waals surface area contributed by atoms with E-state index in [0.29, 0.717) is 17.8 Å². The highest BCUT2D eigenvalue weighted by Crippen LogP contribution is 2.31. The van der Waals surface area contributed by atoms with Crippen molar-refractivity contribution >= 4 is 17.6 Å². The Balaban J connectivity index is 1.74. The first-order chi connectivity index (χ1) is 14.6. The first kappa shape index (κ1) is 21.6. The van der Waals surface area contributed by atoms with Crippen molar-refractivity contribution in [2.45, 2.75) is 25.8 Å². The molecule has 3 rings (SSSR count). The second-order valence-electron chi connectivity index (χ2n) is 7.20. The number of quaternary nitrogens is 1. The van der Waals surface area contributed by atoms with Gasteiger partial charge in [-0.15, -0.1) is 0 Å². The van der Waals surface area contributed by atoms with Gasteiger partial charge in [-0.3, -0.25) is 4.79 Å². The van der Waals surface area contributed by atoms with Crippen LogP contribution in [0.2, 0.25) is 0 Å². The number of carbonyl (C=O) groups is 2. The number of carbonyl (C=O) groups excluding carboxylic acids is 2. The number of likely N-dealkylation sites (tertiary alicyclic amines) is 1. The molecule has 1 heterocycles. The molecule has 2 aromatic rings. The van der Waals surface area contributed by atoms with Gasteiger partial charge in [-0.1, -0.05) is 12.1 Å². The van der Waals surface area contributed by atoms with Gasteiger partial charge in [0.15, 0.2) is 6.54 Å². The van der Waals surface area contributed by atoms with Gasteiger partial charge in [0.1, 0.15) is 17.5 Å². The zero-order chi connectivity index (χ0) is 21.5. The molecule has 7 nitrogen and oxygen atoms in total. The van der Waals surface area contributed by atoms with Crippen molar-refractivity contribution in [3.63, 3.8) is 0 Å². The Labute approximate surface area is 176 Å². The van der Waals surface area contributed by atoms with Crippen LogP contribution in [0.1, 0.15) is 41.7 Å². The maximum atomic E-state index is 12.8. The van der Waals surface area contributed by atoms with Gasteiger partial charge < -0.3 is 24.4 Å². The number of benzene rings is 2. The largest absolute Gasteiger partial charge is 0.497 e. The molecule has 1 amide bonds. The third-order valence-electron chi connectivity index (χ3n) is 5.38. The molecule has 1 saturated heterocycles. The molecule has 2 aromatic carbocycles. The maximum Gasteiger partial charge on any atom is 0.340 e. The van der Waals surface area contributed by atoms with Gasteiger partial charge >= 0.3 is 5.97 Å². The average Bonchev–Trinajstić information content (AvgIpc) is 3.21. The van der Waals surface area contributed by atoms with Crippen LogP contribution in [0.5, 0.6) is 11.5 Å². The molecule has 0 saturated carbocycles. The number of amides is 1. The SMILES string of the molecule is CCOC(=O)c1ccccc1NC(=O)C[NH+]1CCC[C@H]1c1cc(OC)ccc1OC. The van der Waals surface area contributed by atoms with E-state index in [4.69, 9.17) is 14.2 Å². The number of rotatable bonds is 8. The van der Waals surface area contributed by atoms with E-state index in [2.05, 4.69) is 5.32 Å². The molecule has 0 radical (unpaired) electrons. The standard InChI is InChI=1S/C23H28N2O5/c1-4-30-23(27)17-8-5-6-9-19(17)24-22(26)15-25-13-7-10-20(25)18-14-16(28-2)11-12-21(18)29-3/h5-6,8-9,11-12,14,20H,4,7,10,13,15H2,1-3H3,(H,24,26)/p+1/t20-/m0/s1. The zero-order valence-corrected chi connectivity index (χ0v) is 17.7. The molecule has 0 bridgehead atoms. The first-order valence-electron chi connectivity index (χ1n) is 10.2. The zero-order valence-electron chi connectivity index (χ0n) is 17.7. The quantitative estimate of drug-likeness (QED) is 0.649. The Morgan fingerprint density at radius 1 is 1.13 bits per heavy atom. The van der Waals surface area contributed by atoms with Gasteiger partial charge in [-0.2, -0.15) is 0 Å². The Morgan fingerprint density at radius 3 is 2.67 bits per heavy atom. The summed E-state index contributed by atoms with van der Waals surface area (Å²) in [6, 6.07) is 12.8. The number of hydrogen-bond donors (Lipinski definition) is 2. The fourth-order valence-electron chi connectivity index (χ4n) is 3.99. The van der Waals surface area contributed by atoms with Crippen molar-refractivity contribution in [1.82, 2.24) is 0 Å². The summed E-state index contributed by atoms with van der Waals surface area (Å²) in [5.74, 6) is 0.981. The van der Waals surface area contributed by atoms with Crippen LogP contribution in [-0.2, 0) is 9.53 Å². The lowest BCUT2D eigenvalue weighted by atomic mass is 10.0. The molecule has 1 unspecified atom stereocenters. The number of hydrogen-bond acceptors (Lipinski definition) is 5. The van der Waals surface area contributed by atoms with E-state index < -0.39 is 5.97 Å². The van der Waals surface area contributed by atoms with E-state index in [0.717, 1.165) is 41.3 Å². The molecule has 160 valence electrons. The summed E-state index contributed by atoms with van der Waals surface area (Å²) in [5, 5.41) is 2.88. The summed E-state index contributed by atoms with van der Waals surface area (Å²) >= 11 is 0. The number of esters is 1. The van der Waals surface area contributed by atoms with Crippen molar-refractivity contribution in [3.05, 3.63) is 53.6 Å². The molecule has 30 heavy (non-hydrogen) atoms. The maximum absolute atomic E-state index is 12.8. The first-order valence-corrected chi connectivity index (χ1v) is 10.2. The lowest BCUT2D eigenvalue weighted by Crippen LogP contribution is -3.11. The van der Waals surface area contributed by atoms with Crippen LogP contribution in [0.4, 0.5) is 5.69 Å². The monoisotopic (exact) mass is 413 g/mol. The van der Waals surface area contributed by atoms with Crippen LogP contribution in [0.15, 0.2) is 42.5 Å². The van der Waals surface area contributed by atoms with Crippen molar-refractivity contribution in [3.8, 4) is 11.5 Å². The molecular weight excluding hydrogens is 384 g/mol. The van der Waals surface area contributed by atoms with Crippen molar-refractivity contribution in [1.29, 1.82) is 0 Å². The highest BCUT2D eigenvalue weighted by molar-refractivity contribution is 6.01. The van der Waals surface area contributed by atoms with Crippen LogP contribution in [-0.4, -0.2) is 45.8 Å². The predicted octanol–water partition coefficient (Wildman–Crippen LogP) is 2.24. The highest BCUT2D eigenvalue weighted by atomic mass is 16.5. The van der Waals surface area contributed by atoms with Crippen LogP contribution >= 0.6 is 0 Å². The van der Waals surface area contributed by atoms with Crippen molar-refractivity contribution < 1.29 is 28.7 Å². The van der Waals surface area contributed by atoms with Gasteiger partial charge in [0.05, 0.1) is 44.2 Å². The smallest absolute Gasteiger partial charge is 0.340 e. The number of methoxy groups -OCH3 is 2. The third kappa shape index (κ3) is 4.91. The lowest BCUT2D eigenvalue weighted by Gasteiger charge is -2.23. The van der Waals surface area contributed by atoms with Gasteiger partial charge in [-0.25, -0.2) is 4.79 Å². The van der Waals surface area contributed by atoms with Crippen LogP contribution in [0, 0.1) is 0 Å². The lowest BCUT2D eigenvalue weighted by molar-refractivity contribution is -0.910. The Hall–Kier alpha value is -3.06. The topological polar surface area (TPSA) is 78.3 Å². The molecule has 2 atom stereocenters. The van der Waals surface area contributed by atoms with E-state index in [-0.39, 0.29) is 18.6 Å². The summed E-state index contributed by atoms with van der Waals surface area (Å²) in [5.41, 5.74) is 1.87. The Bertz CT molecular complexity index is 899. The number of anilines is 1. The van der Waals surface area contributed by atoms with E-state index in [1.807, 2.05) is 18.2 Å². The highest BCUT2D eigenvalue weighted by Gasteiger charge is 2.34. The molecule has 0 spiro atoms. The second-order valence-corrected chi connectivity index (χ2v) is 7.20. The summed E-state index contributed by atoms with van der Waals surface area (Å²) in [7, 11) is 3.29. The van der Waals surface area contributed by atoms with E-state index in [1.54, 1.807) is 45.4 Å². The Kier molecular flexibility index (Phi) is 7.30. The van der Waals surface area contributed by atoms with Crippen molar-refractivity contribution in [2.75, 3.05) is 39.2 Å². The van der Waals surface area contributed by atoms with Crippen molar-refractivity contribution in [2.24, 2.45) is 0 Å². The molecule has 2 N–H and O–H groups in total. The molecule has 7 heteroatoms. The molecule has 1 aliphatic rings. The van der Waals surface area contributed by atoms with Gasteiger partial charge in [0, 0.05) is 12.8 Å². The van der Waals surface area contributed by atoms with Gasteiger partial charge in [-0.05, 0) is 37.3 Å². The van der Waals surface area contributed by atoms with Crippen LogP contribution in [0.3, 0.4) is 0 Å². The minimum absolute atomic E-state index is 0.140. The molecule has 0 aromatic heterocycles. The second kappa shape index (κ2) is 10.1. The molecule has 1 aliphatic heterocycles. The third-order valence-corrected chi connectivity index (χ3v) is 5.38. The summed E-state index contributed by atoms with van der Waals surface area (Å²) in [4.78, 5) is 26.1. The summed E-state index contributed by atoms with van der Waals surface area (Å²) < 4.78 is 16.0. The number of para-hydroxylation sites is 1. The molecule has 1 fully saturated rings. The normalized spacial score (nSPS) is 18.0. The minimum atomic E-state index is -0.444. The summed E-state index contributed by atoms with van der Waals surface area (Å²) in [6.07, 6.45) is 1.98. The van der Waals surface area contributed by atoms with Gasteiger partial charge in [0.2, 0.25) is 0 Å². The van der Waals surface area contributed by atoms with E-state index >= 15 is 0 Å². The van der Waals surface area contributed by atoms with E-state index in [9.17, 15) is 9.59 Å². The number of ether oxygens (including phenoxy) is 3. The Morgan fingerprint density at radius 2 is 1.93 bits per heavy atom. The van der Waals surface area contributed by atoms with E-state index in [1.165, 1.54) is 0 Å². The fraction of sp³-hybridized carbons (Fsp3) is 0.391. The average molecular weight is 413 g/mol.